The van der Waals surface area contributed by atoms with Gasteiger partial charge in [0, 0.05) is 12.9 Å². The Bertz CT molecular complexity index is 156. The van der Waals surface area contributed by atoms with Crippen LogP contribution in [0, 0.1) is 0 Å². The van der Waals surface area contributed by atoms with E-state index in [1.54, 1.807) is 7.11 Å². The van der Waals surface area contributed by atoms with Crippen molar-refractivity contribution in [1.29, 1.82) is 0 Å². The third-order valence-corrected chi connectivity index (χ3v) is 5.41. The summed E-state index contributed by atoms with van der Waals surface area (Å²) in [5.74, 6) is 4.20. The van der Waals surface area contributed by atoms with Crippen LogP contribution in [-0.4, -0.2) is 41.8 Å². The van der Waals surface area contributed by atoms with Crippen molar-refractivity contribution < 1.29 is 9.53 Å². The van der Waals surface area contributed by atoms with Crippen molar-refractivity contribution in [1.82, 2.24) is 0 Å². The summed E-state index contributed by atoms with van der Waals surface area (Å²) in [4.78, 5) is 11.4. The van der Waals surface area contributed by atoms with Crippen LogP contribution in [0.5, 0.6) is 0 Å². The number of hydrogen-bond donors (Lipinski definition) is 0. The number of ether oxygens (including phenoxy) is 1. The normalized spacial score (nSPS) is 17.9. The zero-order chi connectivity index (χ0) is 9.52. The van der Waals surface area contributed by atoms with Gasteiger partial charge in [-0.05, 0) is 23.7 Å². The van der Waals surface area contributed by atoms with Gasteiger partial charge in [0.05, 0.1) is 6.61 Å². The molecule has 0 spiro atoms. The maximum atomic E-state index is 11.4. The van der Waals surface area contributed by atoms with E-state index in [0.717, 1.165) is 11.5 Å². The predicted octanol–water partition coefficient (Wildman–Crippen LogP) is 1.30. The molecule has 1 aliphatic heterocycles. The highest BCUT2D eigenvalue weighted by molar-refractivity contribution is 8.15. The molecule has 0 atom stereocenters. The Balaban J connectivity index is 2.02. The lowest BCUT2D eigenvalue weighted by Gasteiger charge is -1.99. The molecule has 0 aromatic carbocycles. The van der Waals surface area contributed by atoms with Gasteiger partial charge in [-0.25, -0.2) is 0 Å². The van der Waals surface area contributed by atoms with Gasteiger partial charge in [-0.2, -0.15) is 0 Å². The van der Waals surface area contributed by atoms with Crippen LogP contribution in [0.1, 0.15) is 12.8 Å². The summed E-state index contributed by atoms with van der Waals surface area (Å²) in [6.45, 7) is 0.685. The summed E-state index contributed by atoms with van der Waals surface area (Å²) in [6.07, 6.45) is 2.66. The third kappa shape index (κ3) is 4.93. The molecule has 1 aliphatic rings. The molecule has 76 valence electrons. The molecule has 13 heavy (non-hydrogen) atoms. The lowest BCUT2D eigenvalue weighted by molar-refractivity contribution is -0.108. The van der Waals surface area contributed by atoms with Crippen LogP contribution in [0.15, 0.2) is 0 Å². The fourth-order valence-electron chi connectivity index (χ4n) is 1.31. The molecule has 0 saturated carbocycles. The van der Waals surface area contributed by atoms with Crippen molar-refractivity contribution in [2.75, 3.05) is 36.7 Å². The molecule has 0 aromatic heterocycles. The number of carbonyl (C=O) groups is 1. The molecule has 1 heterocycles. The highest BCUT2D eigenvalue weighted by Gasteiger charge is 2.26. The van der Waals surface area contributed by atoms with Crippen LogP contribution in [0.25, 0.3) is 0 Å². The van der Waals surface area contributed by atoms with Gasteiger partial charge in [0.15, 0.2) is 5.75 Å². The molecule has 0 amide bonds. The van der Waals surface area contributed by atoms with Crippen LogP contribution in [-0.2, 0) is 20.4 Å². The Kier molecular flexibility index (Phi) is 5.91. The van der Waals surface area contributed by atoms with E-state index in [1.165, 1.54) is 36.1 Å². The standard InChI is InChI=1S/C9H17O2S2/c1-11-4-5-12-9(10)8-13-6-2-3-7-13/h2-8H2,1H3/q+1. The Morgan fingerprint density at radius 1 is 1.46 bits per heavy atom. The van der Waals surface area contributed by atoms with Gasteiger partial charge in [-0.3, -0.25) is 4.79 Å². The van der Waals surface area contributed by atoms with Crippen LogP contribution in [0.3, 0.4) is 0 Å². The monoisotopic (exact) mass is 221 g/mol. The summed E-state index contributed by atoms with van der Waals surface area (Å²) >= 11 is 1.43. The quantitative estimate of drug-likeness (QED) is 0.517. The summed E-state index contributed by atoms with van der Waals surface area (Å²) in [5, 5.41) is 0.363. The van der Waals surface area contributed by atoms with Crippen LogP contribution in [0.2, 0.25) is 0 Å². The molecular formula is C9H17O2S2+. The topological polar surface area (TPSA) is 26.3 Å². The number of hydrogen-bond acceptors (Lipinski definition) is 3. The lowest BCUT2D eigenvalue weighted by Crippen LogP contribution is -2.16. The average molecular weight is 221 g/mol. The minimum atomic E-state index is 0.363. The van der Waals surface area contributed by atoms with Gasteiger partial charge in [0.2, 0.25) is 5.12 Å². The van der Waals surface area contributed by atoms with E-state index in [9.17, 15) is 4.79 Å². The highest BCUT2D eigenvalue weighted by Crippen LogP contribution is 2.15. The Morgan fingerprint density at radius 3 is 2.77 bits per heavy atom. The van der Waals surface area contributed by atoms with E-state index in [1.807, 2.05) is 0 Å². The van der Waals surface area contributed by atoms with Crippen molar-refractivity contribution in [3.8, 4) is 0 Å². The fourth-order valence-corrected chi connectivity index (χ4v) is 4.67. The van der Waals surface area contributed by atoms with Crippen molar-refractivity contribution >= 4 is 27.8 Å². The van der Waals surface area contributed by atoms with Crippen molar-refractivity contribution in [2.45, 2.75) is 12.8 Å². The van der Waals surface area contributed by atoms with E-state index in [4.69, 9.17) is 4.74 Å². The fraction of sp³-hybridized carbons (Fsp3) is 0.889. The van der Waals surface area contributed by atoms with Gasteiger partial charge < -0.3 is 4.74 Å². The minimum absolute atomic E-state index is 0.363. The van der Waals surface area contributed by atoms with Crippen LogP contribution in [0.4, 0.5) is 0 Å². The molecule has 0 N–H and O–H groups in total. The van der Waals surface area contributed by atoms with Gasteiger partial charge in [-0.15, -0.1) is 0 Å². The SMILES string of the molecule is COCCSC(=O)C[S+]1CCCC1. The minimum Gasteiger partial charge on any atom is -0.384 e. The lowest BCUT2D eigenvalue weighted by atomic mass is 10.4. The van der Waals surface area contributed by atoms with Crippen molar-refractivity contribution in [2.24, 2.45) is 0 Å². The second-order valence-electron chi connectivity index (χ2n) is 3.09. The maximum Gasteiger partial charge on any atom is 0.238 e. The van der Waals surface area contributed by atoms with E-state index >= 15 is 0 Å². The molecule has 0 bridgehead atoms. The smallest absolute Gasteiger partial charge is 0.238 e. The molecule has 1 rings (SSSR count). The van der Waals surface area contributed by atoms with Crippen LogP contribution < -0.4 is 0 Å². The molecule has 0 aromatic rings. The summed E-state index contributed by atoms with van der Waals surface area (Å²) in [6, 6.07) is 0. The summed E-state index contributed by atoms with van der Waals surface area (Å²) in [7, 11) is 2.10. The Morgan fingerprint density at radius 2 is 2.15 bits per heavy atom. The first-order chi connectivity index (χ1) is 6.33. The summed E-state index contributed by atoms with van der Waals surface area (Å²) in [5.41, 5.74) is 0. The van der Waals surface area contributed by atoms with Crippen LogP contribution >= 0.6 is 11.8 Å². The highest BCUT2D eigenvalue weighted by atomic mass is 32.2. The molecule has 4 heteroatoms. The summed E-state index contributed by atoms with van der Waals surface area (Å²) < 4.78 is 4.89. The molecule has 1 saturated heterocycles. The van der Waals surface area contributed by atoms with Gasteiger partial charge in [-0.1, -0.05) is 11.8 Å². The zero-order valence-corrected chi connectivity index (χ0v) is 9.72. The van der Waals surface area contributed by atoms with Crippen molar-refractivity contribution in [3.05, 3.63) is 0 Å². The first-order valence-electron chi connectivity index (χ1n) is 4.61. The first-order valence-corrected chi connectivity index (χ1v) is 7.33. The second kappa shape index (κ2) is 6.74. The molecule has 0 aliphatic carbocycles. The van der Waals surface area contributed by atoms with E-state index in [-0.39, 0.29) is 0 Å². The molecule has 1 fully saturated rings. The Hall–Kier alpha value is 0.330. The Labute approximate surface area is 87.1 Å². The van der Waals surface area contributed by atoms with E-state index < -0.39 is 0 Å². The second-order valence-corrected chi connectivity index (χ2v) is 6.57. The van der Waals surface area contributed by atoms with Gasteiger partial charge in [0.1, 0.15) is 11.5 Å². The maximum absolute atomic E-state index is 11.4. The number of methoxy groups -OCH3 is 1. The van der Waals surface area contributed by atoms with E-state index in [2.05, 4.69) is 0 Å². The predicted molar refractivity (Wildman–Crippen MR) is 60.5 cm³/mol. The zero-order valence-electron chi connectivity index (χ0n) is 8.08. The number of rotatable bonds is 5. The van der Waals surface area contributed by atoms with Gasteiger partial charge in [0.25, 0.3) is 0 Å². The molecule has 0 radical (unpaired) electrons. The molecular weight excluding hydrogens is 204 g/mol. The van der Waals surface area contributed by atoms with Crippen molar-refractivity contribution in [3.63, 3.8) is 0 Å². The number of carbonyl (C=O) groups excluding carboxylic acids is 1. The van der Waals surface area contributed by atoms with Gasteiger partial charge >= 0.3 is 0 Å². The largest absolute Gasteiger partial charge is 0.384 e. The third-order valence-electron chi connectivity index (χ3n) is 1.99. The molecule has 0 unspecified atom stereocenters. The average Bonchev–Trinajstić information content (AvgIpc) is 2.57. The first kappa shape index (κ1) is 11.4. The van der Waals surface area contributed by atoms with E-state index in [0.29, 0.717) is 22.6 Å². The molecule has 2 nitrogen and oxygen atoms in total. The number of thioether (sulfide) groups is 1.